The van der Waals surface area contributed by atoms with Gasteiger partial charge in [0.1, 0.15) is 5.75 Å². The van der Waals surface area contributed by atoms with Crippen molar-refractivity contribution in [3.63, 3.8) is 0 Å². The molecule has 2 heteroatoms. The third kappa shape index (κ3) is 2.51. The Labute approximate surface area is 91.6 Å². The van der Waals surface area contributed by atoms with E-state index in [2.05, 4.69) is 31.3 Å². The first-order chi connectivity index (χ1) is 7.12. The van der Waals surface area contributed by atoms with Gasteiger partial charge in [0.25, 0.3) is 0 Å². The number of nitrogens with one attached hydrogen (secondary N) is 1. The van der Waals surface area contributed by atoms with Crippen LogP contribution in [0, 0.1) is 5.41 Å². The van der Waals surface area contributed by atoms with Gasteiger partial charge in [-0.25, -0.2) is 0 Å². The summed E-state index contributed by atoms with van der Waals surface area (Å²) in [5.74, 6) is 0.935. The number of hydrogen-bond donors (Lipinski definition) is 1. The highest BCUT2D eigenvalue weighted by atomic mass is 16.5. The molecule has 0 radical (unpaired) electrons. The number of methoxy groups -OCH3 is 1. The van der Waals surface area contributed by atoms with Crippen LogP contribution < -0.4 is 10.1 Å². The van der Waals surface area contributed by atoms with Crippen molar-refractivity contribution < 1.29 is 4.74 Å². The van der Waals surface area contributed by atoms with Crippen molar-refractivity contribution >= 4 is 0 Å². The second-order valence-electron chi connectivity index (χ2n) is 4.98. The molecule has 1 atom stereocenters. The van der Waals surface area contributed by atoms with Gasteiger partial charge in [-0.3, -0.25) is 0 Å². The molecule has 15 heavy (non-hydrogen) atoms. The van der Waals surface area contributed by atoms with E-state index in [4.69, 9.17) is 4.74 Å². The molecule has 0 spiro atoms. The highest BCUT2D eigenvalue weighted by Crippen LogP contribution is 2.44. The van der Waals surface area contributed by atoms with E-state index in [1.54, 1.807) is 7.11 Å². The molecule has 0 aromatic heterocycles. The Morgan fingerprint density at radius 1 is 1.47 bits per heavy atom. The largest absolute Gasteiger partial charge is 0.497 e. The van der Waals surface area contributed by atoms with Crippen LogP contribution in [0.5, 0.6) is 5.75 Å². The molecule has 1 aromatic carbocycles. The summed E-state index contributed by atoms with van der Waals surface area (Å²) in [5.41, 5.74) is 1.79. The summed E-state index contributed by atoms with van der Waals surface area (Å²) in [6.45, 7) is 5.54. The minimum atomic E-state index is 0.499. The predicted octanol–water partition coefficient (Wildman–Crippen LogP) is 2.58. The third-order valence-electron chi connectivity index (χ3n) is 3.20. The first kappa shape index (κ1) is 10.5. The van der Waals surface area contributed by atoms with Crippen molar-refractivity contribution in [2.75, 3.05) is 7.11 Å². The van der Waals surface area contributed by atoms with Gasteiger partial charge in [-0.2, -0.15) is 0 Å². The monoisotopic (exact) mass is 205 g/mol. The molecule has 82 valence electrons. The summed E-state index contributed by atoms with van der Waals surface area (Å²) in [6, 6.07) is 8.91. The van der Waals surface area contributed by atoms with Crippen LogP contribution in [0.4, 0.5) is 0 Å². The third-order valence-corrected chi connectivity index (χ3v) is 3.20. The van der Waals surface area contributed by atoms with E-state index in [0.717, 1.165) is 12.3 Å². The standard InChI is InChI=1S/C13H19NO/c1-13(2)8-12(13)14-9-10-5-4-6-11(7-10)15-3/h4-7,12,14H,8-9H2,1-3H3. The fourth-order valence-corrected chi connectivity index (χ4v) is 1.84. The molecule has 1 fully saturated rings. The van der Waals surface area contributed by atoms with Crippen molar-refractivity contribution in [3.8, 4) is 5.75 Å². The zero-order chi connectivity index (χ0) is 10.9. The zero-order valence-corrected chi connectivity index (χ0v) is 9.71. The summed E-state index contributed by atoms with van der Waals surface area (Å²) in [4.78, 5) is 0. The first-order valence-electron chi connectivity index (χ1n) is 5.48. The number of rotatable bonds is 4. The highest BCUT2D eigenvalue weighted by molar-refractivity contribution is 5.28. The molecule has 1 unspecified atom stereocenters. The molecular formula is C13H19NO. The Kier molecular flexibility index (Phi) is 2.70. The normalized spacial score (nSPS) is 22.5. The Morgan fingerprint density at radius 3 is 2.80 bits per heavy atom. The van der Waals surface area contributed by atoms with E-state index in [0.29, 0.717) is 11.5 Å². The average molecular weight is 205 g/mol. The number of benzene rings is 1. The van der Waals surface area contributed by atoms with Crippen LogP contribution in [0.3, 0.4) is 0 Å². The van der Waals surface area contributed by atoms with Gasteiger partial charge >= 0.3 is 0 Å². The molecule has 0 bridgehead atoms. The van der Waals surface area contributed by atoms with E-state index in [9.17, 15) is 0 Å². The SMILES string of the molecule is COc1cccc(CNC2CC2(C)C)c1. The van der Waals surface area contributed by atoms with E-state index in [-0.39, 0.29) is 0 Å². The Bertz CT molecular complexity index is 346. The lowest BCUT2D eigenvalue weighted by Crippen LogP contribution is -2.19. The Hall–Kier alpha value is -1.02. The molecule has 2 rings (SSSR count). The fourth-order valence-electron chi connectivity index (χ4n) is 1.84. The van der Waals surface area contributed by atoms with E-state index >= 15 is 0 Å². The minimum Gasteiger partial charge on any atom is -0.497 e. The van der Waals surface area contributed by atoms with Gasteiger partial charge in [-0.05, 0) is 29.5 Å². The summed E-state index contributed by atoms with van der Waals surface area (Å²) in [7, 11) is 1.70. The van der Waals surface area contributed by atoms with E-state index in [1.807, 2.05) is 12.1 Å². The smallest absolute Gasteiger partial charge is 0.119 e. The van der Waals surface area contributed by atoms with Crippen molar-refractivity contribution in [2.24, 2.45) is 5.41 Å². The first-order valence-corrected chi connectivity index (χ1v) is 5.48. The van der Waals surface area contributed by atoms with Crippen LogP contribution >= 0.6 is 0 Å². The second-order valence-corrected chi connectivity index (χ2v) is 4.98. The van der Waals surface area contributed by atoms with Crippen LogP contribution in [0.1, 0.15) is 25.8 Å². The maximum Gasteiger partial charge on any atom is 0.119 e. The molecule has 0 saturated heterocycles. The van der Waals surface area contributed by atoms with Crippen LogP contribution in [0.15, 0.2) is 24.3 Å². The van der Waals surface area contributed by atoms with Gasteiger partial charge in [0.15, 0.2) is 0 Å². The summed E-state index contributed by atoms with van der Waals surface area (Å²) < 4.78 is 5.19. The van der Waals surface area contributed by atoms with Crippen molar-refractivity contribution in [1.29, 1.82) is 0 Å². The van der Waals surface area contributed by atoms with E-state index in [1.165, 1.54) is 12.0 Å². The van der Waals surface area contributed by atoms with Gasteiger partial charge in [0.2, 0.25) is 0 Å². The molecule has 0 aliphatic heterocycles. The number of ether oxygens (including phenoxy) is 1. The topological polar surface area (TPSA) is 21.3 Å². The molecule has 0 amide bonds. The van der Waals surface area contributed by atoms with Crippen molar-refractivity contribution in [3.05, 3.63) is 29.8 Å². The minimum absolute atomic E-state index is 0.499. The average Bonchev–Trinajstić information content (AvgIpc) is 2.84. The van der Waals surface area contributed by atoms with Gasteiger partial charge < -0.3 is 10.1 Å². The summed E-state index contributed by atoms with van der Waals surface area (Å²) in [6.07, 6.45) is 1.29. The van der Waals surface area contributed by atoms with Crippen LogP contribution in [-0.2, 0) is 6.54 Å². The lowest BCUT2D eigenvalue weighted by molar-refractivity contribution is 0.414. The molecule has 2 nitrogen and oxygen atoms in total. The summed E-state index contributed by atoms with van der Waals surface area (Å²) >= 11 is 0. The predicted molar refractivity (Wildman–Crippen MR) is 62.0 cm³/mol. The zero-order valence-electron chi connectivity index (χ0n) is 9.71. The molecule has 1 saturated carbocycles. The quantitative estimate of drug-likeness (QED) is 0.815. The second kappa shape index (κ2) is 3.86. The van der Waals surface area contributed by atoms with Gasteiger partial charge in [0, 0.05) is 12.6 Å². The molecule has 1 aliphatic carbocycles. The van der Waals surface area contributed by atoms with Crippen molar-refractivity contribution in [2.45, 2.75) is 32.9 Å². The maximum absolute atomic E-state index is 5.19. The maximum atomic E-state index is 5.19. The fraction of sp³-hybridized carbons (Fsp3) is 0.538. The lowest BCUT2D eigenvalue weighted by Gasteiger charge is -2.07. The van der Waals surface area contributed by atoms with Crippen LogP contribution in [0.2, 0.25) is 0 Å². The Morgan fingerprint density at radius 2 is 2.20 bits per heavy atom. The molecule has 1 aromatic rings. The molecule has 1 N–H and O–H groups in total. The van der Waals surface area contributed by atoms with Crippen molar-refractivity contribution in [1.82, 2.24) is 5.32 Å². The molecule has 1 aliphatic rings. The van der Waals surface area contributed by atoms with Crippen LogP contribution in [0.25, 0.3) is 0 Å². The molecular weight excluding hydrogens is 186 g/mol. The number of hydrogen-bond acceptors (Lipinski definition) is 2. The van der Waals surface area contributed by atoms with E-state index < -0.39 is 0 Å². The lowest BCUT2D eigenvalue weighted by atomic mass is 10.1. The highest BCUT2D eigenvalue weighted by Gasteiger charge is 2.44. The summed E-state index contributed by atoms with van der Waals surface area (Å²) in [5, 5.41) is 3.56. The molecule has 0 heterocycles. The van der Waals surface area contributed by atoms with Gasteiger partial charge in [0.05, 0.1) is 7.11 Å². The Balaban J connectivity index is 1.88. The van der Waals surface area contributed by atoms with Crippen LogP contribution in [-0.4, -0.2) is 13.2 Å². The van der Waals surface area contributed by atoms with Gasteiger partial charge in [-0.1, -0.05) is 26.0 Å². The van der Waals surface area contributed by atoms with Gasteiger partial charge in [-0.15, -0.1) is 0 Å².